The third kappa shape index (κ3) is 3.88. The molecule has 1 aromatic heterocycles. The summed E-state index contributed by atoms with van der Waals surface area (Å²) < 4.78 is 41.9. The SMILES string of the molecule is CC(C)n1ccc(CN2C[C@@H](O)C[C@H]2c2ccccc2C(F)(F)F)n1. The Kier molecular flexibility index (Phi) is 4.88. The van der Waals surface area contributed by atoms with Crippen molar-refractivity contribution in [3.8, 4) is 0 Å². The van der Waals surface area contributed by atoms with Crippen molar-refractivity contribution in [3.05, 3.63) is 53.3 Å². The summed E-state index contributed by atoms with van der Waals surface area (Å²) in [5, 5.41) is 14.5. The lowest BCUT2D eigenvalue weighted by Gasteiger charge is -2.26. The molecule has 0 radical (unpaired) electrons. The highest BCUT2D eigenvalue weighted by atomic mass is 19.4. The van der Waals surface area contributed by atoms with Gasteiger partial charge in [-0.15, -0.1) is 0 Å². The predicted molar refractivity (Wildman–Crippen MR) is 87.8 cm³/mol. The Morgan fingerprint density at radius 1 is 1.24 bits per heavy atom. The number of hydrogen-bond donors (Lipinski definition) is 1. The largest absolute Gasteiger partial charge is 0.416 e. The third-order valence-corrected chi connectivity index (χ3v) is 4.56. The summed E-state index contributed by atoms with van der Waals surface area (Å²) in [6.45, 7) is 4.77. The predicted octanol–water partition coefficient (Wildman–Crippen LogP) is 3.79. The molecule has 1 aliphatic heterocycles. The van der Waals surface area contributed by atoms with E-state index in [0.29, 0.717) is 13.1 Å². The molecule has 1 saturated heterocycles. The molecule has 0 aliphatic carbocycles. The van der Waals surface area contributed by atoms with Crippen molar-refractivity contribution >= 4 is 0 Å². The number of benzene rings is 1. The van der Waals surface area contributed by atoms with Crippen LogP contribution in [0.2, 0.25) is 0 Å². The van der Waals surface area contributed by atoms with Gasteiger partial charge in [-0.05, 0) is 38.0 Å². The van der Waals surface area contributed by atoms with E-state index < -0.39 is 23.9 Å². The second-order valence-electron chi connectivity index (χ2n) is 6.80. The number of aromatic nitrogens is 2. The molecule has 0 bridgehead atoms. The summed E-state index contributed by atoms with van der Waals surface area (Å²) in [6.07, 6.45) is -2.89. The van der Waals surface area contributed by atoms with Crippen molar-refractivity contribution in [2.45, 2.75) is 51.2 Å². The Labute approximate surface area is 144 Å². The fourth-order valence-electron chi connectivity index (χ4n) is 3.38. The summed E-state index contributed by atoms with van der Waals surface area (Å²) in [5.74, 6) is 0. The minimum atomic E-state index is -4.41. The molecule has 2 aromatic rings. The van der Waals surface area contributed by atoms with Gasteiger partial charge in [-0.1, -0.05) is 18.2 Å². The van der Waals surface area contributed by atoms with E-state index in [2.05, 4.69) is 5.10 Å². The first-order valence-corrected chi connectivity index (χ1v) is 8.38. The number of β-amino-alcohol motifs (C(OH)–C–C–N with tert-alkyl or cyclic N) is 1. The quantitative estimate of drug-likeness (QED) is 0.909. The highest BCUT2D eigenvalue weighted by Gasteiger charge is 2.39. The van der Waals surface area contributed by atoms with Gasteiger partial charge in [0, 0.05) is 31.4 Å². The van der Waals surface area contributed by atoms with Gasteiger partial charge in [-0.3, -0.25) is 9.58 Å². The van der Waals surface area contributed by atoms with Crippen LogP contribution in [0, 0.1) is 0 Å². The standard InChI is InChI=1S/C18H22F3N3O/c1-12(2)24-8-7-13(22-24)10-23-11-14(25)9-17(23)15-5-3-4-6-16(15)18(19,20)21/h3-8,12,14,17,25H,9-11H2,1-2H3/t14-,17-/m0/s1. The molecular formula is C18H22F3N3O. The zero-order chi connectivity index (χ0) is 18.2. The molecule has 1 fully saturated rings. The van der Waals surface area contributed by atoms with E-state index in [0.717, 1.165) is 11.8 Å². The van der Waals surface area contributed by atoms with Gasteiger partial charge in [0.25, 0.3) is 0 Å². The number of rotatable bonds is 4. The van der Waals surface area contributed by atoms with Crippen LogP contribution in [0.15, 0.2) is 36.5 Å². The second-order valence-corrected chi connectivity index (χ2v) is 6.80. The molecule has 25 heavy (non-hydrogen) atoms. The van der Waals surface area contributed by atoms with E-state index in [4.69, 9.17) is 0 Å². The van der Waals surface area contributed by atoms with Gasteiger partial charge in [-0.25, -0.2) is 0 Å². The summed E-state index contributed by atoms with van der Waals surface area (Å²) in [7, 11) is 0. The zero-order valence-corrected chi connectivity index (χ0v) is 14.2. The summed E-state index contributed by atoms with van der Waals surface area (Å²) in [6, 6.07) is 7.23. The van der Waals surface area contributed by atoms with Crippen molar-refractivity contribution in [2.24, 2.45) is 0 Å². The van der Waals surface area contributed by atoms with Crippen molar-refractivity contribution in [3.63, 3.8) is 0 Å². The first-order chi connectivity index (χ1) is 11.8. The highest BCUT2D eigenvalue weighted by Crippen LogP contribution is 2.40. The number of aliphatic hydroxyl groups is 1. The molecular weight excluding hydrogens is 331 g/mol. The molecule has 2 heterocycles. The minimum absolute atomic E-state index is 0.217. The van der Waals surface area contributed by atoms with Crippen LogP contribution >= 0.6 is 0 Å². The lowest BCUT2D eigenvalue weighted by molar-refractivity contribution is -0.138. The molecule has 0 amide bonds. The maximum atomic E-state index is 13.3. The van der Waals surface area contributed by atoms with Crippen LogP contribution in [0.3, 0.4) is 0 Å². The van der Waals surface area contributed by atoms with Crippen LogP contribution < -0.4 is 0 Å². The van der Waals surface area contributed by atoms with E-state index in [9.17, 15) is 18.3 Å². The van der Waals surface area contributed by atoms with Crippen LogP contribution in [0.4, 0.5) is 13.2 Å². The van der Waals surface area contributed by atoms with E-state index in [1.54, 1.807) is 6.07 Å². The van der Waals surface area contributed by atoms with Crippen molar-refractivity contribution < 1.29 is 18.3 Å². The van der Waals surface area contributed by atoms with Crippen molar-refractivity contribution in [1.29, 1.82) is 0 Å². The molecule has 0 spiro atoms. The first-order valence-electron chi connectivity index (χ1n) is 8.38. The smallest absolute Gasteiger partial charge is 0.392 e. The van der Waals surface area contributed by atoms with Crippen LogP contribution in [-0.4, -0.2) is 32.4 Å². The number of aliphatic hydroxyl groups excluding tert-OH is 1. The zero-order valence-electron chi connectivity index (χ0n) is 14.2. The summed E-state index contributed by atoms with van der Waals surface area (Å²) in [4.78, 5) is 1.88. The number of halogens is 3. The van der Waals surface area contributed by atoms with Gasteiger partial charge in [0.2, 0.25) is 0 Å². The van der Waals surface area contributed by atoms with E-state index in [1.807, 2.05) is 35.7 Å². The fourth-order valence-corrected chi connectivity index (χ4v) is 3.38. The molecule has 1 aromatic carbocycles. The van der Waals surface area contributed by atoms with Gasteiger partial charge in [0.1, 0.15) is 0 Å². The monoisotopic (exact) mass is 353 g/mol. The maximum Gasteiger partial charge on any atom is 0.416 e. The molecule has 136 valence electrons. The number of nitrogens with zero attached hydrogens (tertiary/aromatic N) is 3. The molecule has 0 unspecified atom stereocenters. The van der Waals surface area contributed by atoms with Crippen LogP contribution in [0.1, 0.15) is 49.2 Å². The van der Waals surface area contributed by atoms with E-state index in [1.165, 1.54) is 12.1 Å². The van der Waals surface area contributed by atoms with Gasteiger partial charge in [0.15, 0.2) is 0 Å². The van der Waals surface area contributed by atoms with Crippen LogP contribution in [0.25, 0.3) is 0 Å². The van der Waals surface area contributed by atoms with Gasteiger partial charge < -0.3 is 5.11 Å². The molecule has 4 nitrogen and oxygen atoms in total. The highest BCUT2D eigenvalue weighted by molar-refractivity contribution is 5.33. The Balaban J connectivity index is 1.87. The topological polar surface area (TPSA) is 41.3 Å². The van der Waals surface area contributed by atoms with Crippen LogP contribution in [-0.2, 0) is 12.7 Å². The average Bonchev–Trinajstić information content (AvgIpc) is 3.14. The van der Waals surface area contributed by atoms with Gasteiger partial charge in [0.05, 0.1) is 17.4 Å². The van der Waals surface area contributed by atoms with Gasteiger partial charge in [-0.2, -0.15) is 18.3 Å². The lowest BCUT2D eigenvalue weighted by Crippen LogP contribution is -2.26. The normalized spacial score (nSPS) is 22.0. The molecule has 3 rings (SSSR count). The molecule has 1 aliphatic rings. The Morgan fingerprint density at radius 3 is 2.60 bits per heavy atom. The number of hydrogen-bond acceptors (Lipinski definition) is 3. The molecule has 2 atom stereocenters. The third-order valence-electron chi connectivity index (χ3n) is 4.56. The Bertz CT molecular complexity index is 726. The number of alkyl halides is 3. The van der Waals surface area contributed by atoms with E-state index >= 15 is 0 Å². The molecule has 1 N–H and O–H groups in total. The minimum Gasteiger partial charge on any atom is -0.392 e. The van der Waals surface area contributed by atoms with Crippen molar-refractivity contribution in [2.75, 3.05) is 6.54 Å². The summed E-state index contributed by atoms with van der Waals surface area (Å²) in [5.41, 5.74) is 0.374. The fraction of sp³-hybridized carbons (Fsp3) is 0.500. The maximum absolute atomic E-state index is 13.3. The number of likely N-dealkylation sites (tertiary alicyclic amines) is 1. The average molecular weight is 353 g/mol. The Morgan fingerprint density at radius 2 is 1.96 bits per heavy atom. The lowest BCUT2D eigenvalue weighted by atomic mass is 9.97. The Hall–Kier alpha value is -1.86. The molecule has 7 heteroatoms. The van der Waals surface area contributed by atoms with Gasteiger partial charge >= 0.3 is 6.18 Å². The van der Waals surface area contributed by atoms with Crippen LogP contribution in [0.5, 0.6) is 0 Å². The van der Waals surface area contributed by atoms with E-state index in [-0.39, 0.29) is 18.0 Å². The second kappa shape index (κ2) is 6.80. The van der Waals surface area contributed by atoms with Crippen molar-refractivity contribution in [1.82, 2.24) is 14.7 Å². The summed E-state index contributed by atoms with van der Waals surface area (Å²) >= 11 is 0. The first kappa shape index (κ1) is 17.9. The molecule has 0 saturated carbocycles.